The van der Waals surface area contributed by atoms with E-state index >= 15 is 0 Å². The quantitative estimate of drug-likeness (QED) is 0.779. The highest BCUT2D eigenvalue weighted by Gasteiger charge is 2.08. The number of nitrogens with one attached hydrogen (secondary N) is 1. The van der Waals surface area contributed by atoms with Crippen molar-refractivity contribution in [2.24, 2.45) is 0 Å². The Bertz CT molecular complexity index is 747. The lowest BCUT2D eigenvalue weighted by Gasteiger charge is -1.94. The van der Waals surface area contributed by atoms with Crippen molar-refractivity contribution in [3.8, 4) is 28.8 Å². The molecular weight excluding hydrogens is 276 g/mol. The second kappa shape index (κ2) is 5.91. The number of pyridine rings is 2. The number of nitrogens with zero attached hydrogens (tertiary/aromatic N) is 5. The first-order chi connectivity index (χ1) is 9.36. The fourth-order valence-corrected chi connectivity index (χ4v) is 1.66. The Morgan fingerprint density at radius 1 is 1.05 bits per heavy atom. The normalized spacial score (nSPS) is 9.55. The Morgan fingerprint density at radius 3 is 2.55 bits per heavy atom. The molecular formula is C13H9ClN6. The first-order valence-electron chi connectivity index (χ1n) is 5.56. The molecule has 0 bridgehead atoms. The molecule has 0 aliphatic heterocycles. The Kier molecular flexibility index (Phi) is 4.03. The molecule has 3 heterocycles. The number of H-pyrrole nitrogens is 1. The third-order valence-electron chi connectivity index (χ3n) is 2.57. The fraction of sp³-hybridized carbons (Fsp3) is 0. The highest BCUT2D eigenvalue weighted by molar-refractivity contribution is 5.85. The van der Waals surface area contributed by atoms with Crippen molar-refractivity contribution >= 4 is 12.4 Å². The summed E-state index contributed by atoms with van der Waals surface area (Å²) in [6, 6.07) is 9.10. The minimum atomic E-state index is 0. The van der Waals surface area contributed by atoms with Gasteiger partial charge in [0.05, 0.1) is 0 Å². The number of nitriles is 1. The van der Waals surface area contributed by atoms with Gasteiger partial charge in [-0.25, -0.2) is 9.97 Å². The van der Waals surface area contributed by atoms with Crippen LogP contribution in [-0.2, 0) is 0 Å². The number of hydrogen-bond donors (Lipinski definition) is 1. The van der Waals surface area contributed by atoms with Crippen LogP contribution in [0.2, 0.25) is 0 Å². The maximum atomic E-state index is 8.82. The second-order valence-electron chi connectivity index (χ2n) is 3.79. The van der Waals surface area contributed by atoms with Gasteiger partial charge >= 0.3 is 0 Å². The van der Waals surface area contributed by atoms with Crippen LogP contribution >= 0.6 is 12.4 Å². The lowest BCUT2D eigenvalue weighted by Crippen LogP contribution is -1.86. The molecule has 1 N–H and O–H groups in total. The third kappa shape index (κ3) is 2.63. The van der Waals surface area contributed by atoms with Gasteiger partial charge in [-0.2, -0.15) is 10.4 Å². The molecule has 3 rings (SSSR count). The molecule has 0 aliphatic rings. The van der Waals surface area contributed by atoms with Gasteiger partial charge in [0.2, 0.25) is 0 Å². The van der Waals surface area contributed by atoms with Gasteiger partial charge < -0.3 is 0 Å². The van der Waals surface area contributed by atoms with Crippen LogP contribution in [-0.4, -0.2) is 25.1 Å². The Balaban J connectivity index is 0.00000147. The van der Waals surface area contributed by atoms with E-state index < -0.39 is 0 Å². The maximum Gasteiger partial charge on any atom is 0.181 e. The summed E-state index contributed by atoms with van der Waals surface area (Å²) in [7, 11) is 0. The van der Waals surface area contributed by atoms with Crippen LogP contribution < -0.4 is 0 Å². The molecule has 6 nitrogen and oxygen atoms in total. The number of rotatable bonds is 2. The summed E-state index contributed by atoms with van der Waals surface area (Å²) in [5.41, 5.74) is 2.00. The molecule has 3 aromatic heterocycles. The lowest BCUT2D eigenvalue weighted by atomic mass is 10.2. The predicted molar refractivity (Wildman–Crippen MR) is 74.8 cm³/mol. The SMILES string of the molecule is Cl.N#Cc1cc(-c2n[nH]c(-c3ccncc3)n2)ccn1. The number of aromatic nitrogens is 5. The number of halogens is 1. The molecule has 98 valence electrons. The zero-order chi connectivity index (χ0) is 13.1. The van der Waals surface area contributed by atoms with E-state index in [-0.39, 0.29) is 12.4 Å². The first kappa shape index (κ1) is 13.6. The van der Waals surface area contributed by atoms with E-state index in [1.165, 1.54) is 0 Å². The predicted octanol–water partition coefficient (Wildman–Crippen LogP) is 2.22. The number of aromatic amines is 1. The molecule has 0 spiro atoms. The monoisotopic (exact) mass is 284 g/mol. The fourth-order valence-electron chi connectivity index (χ4n) is 1.66. The van der Waals surface area contributed by atoms with Crippen LogP contribution in [0, 0.1) is 11.3 Å². The van der Waals surface area contributed by atoms with Crippen LogP contribution in [0.5, 0.6) is 0 Å². The molecule has 0 aliphatic carbocycles. The van der Waals surface area contributed by atoms with E-state index in [2.05, 4.69) is 25.1 Å². The van der Waals surface area contributed by atoms with Crippen LogP contribution in [0.15, 0.2) is 42.9 Å². The minimum Gasteiger partial charge on any atom is -0.265 e. The van der Waals surface area contributed by atoms with E-state index in [0.29, 0.717) is 17.3 Å². The summed E-state index contributed by atoms with van der Waals surface area (Å²) in [5.74, 6) is 1.19. The van der Waals surface area contributed by atoms with E-state index in [9.17, 15) is 0 Å². The van der Waals surface area contributed by atoms with Gasteiger partial charge in [0.25, 0.3) is 0 Å². The topological polar surface area (TPSA) is 91.1 Å². The summed E-state index contributed by atoms with van der Waals surface area (Å²) >= 11 is 0. The van der Waals surface area contributed by atoms with Crippen molar-refractivity contribution in [1.29, 1.82) is 5.26 Å². The average molecular weight is 285 g/mol. The molecule has 3 aromatic rings. The second-order valence-corrected chi connectivity index (χ2v) is 3.79. The summed E-state index contributed by atoms with van der Waals surface area (Å²) < 4.78 is 0. The van der Waals surface area contributed by atoms with E-state index in [4.69, 9.17) is 5.26 Å². The summed E-state index contributed by atoms with van der Waals surface area (Å²) in [6.45, 7) is 0. The highest BCUT2D eigenvalue weighted by Crippen LogP contribution is 2.19. The van der Waals surface area contributed by atoms with Crippen molar-refractivity contribution in [2.45, 2.75) is 0 Å². The molecule has 0 saturated carbocycles. The van der Waals surface area contributed by atoms with Crippen molar-refractivity contribution in [3.05, 3.63) is 48.5 Å². The Labute approximate surface area is 121 Å². The minimum absolute atomic E-state index is 0. The van der Waals surface area contributed by atoms with Gasteiger partial charge in [-0.15, -0.1) is 12.4 Å². The third-order valence-corrected chi connectivity index (χ3v) is 2.57. The smallest absolute Gasteiger partial charge is 0.181 e. The van der Waals surface area contributed by atoms with Gasteiger partial charge in [-0.1, -0.05) is 0 Å². The first-order valence-corrected chi connectivity index (χ1v) is 5.56. The van der Waals surface area contributed by atoms with Crippen molar-refractivity contribution < 1.29 is 0 Å². The maximum absolute atomic E-state index is 8.82. The van der Waals surface area contributed by atoms with Crippen molar-refractivity contribution in [1.82, 2.24) is 25.1 Å². The molecule has 7 heteroatoms. The zero-order valence-corrected chi connectivity index (χ0v) is 11.0. The van der Waals surface area contributed by atoms with Gasteiger partial charge in [0, 0.05) is 29.7 Å². The number of hydrogen-bond acceptors (Lipinski definition) is 5. The van der Waals surface area contributed by atoms with Crippen molar-refractivity contribution in [2.75, 3.05) is 0 Å². The van der Waals surface area contributed by atoms with Crippen LogP contribution in [0.1, 0.15) is 5.69 Å². The molecule has 0 radical (unpaired) electrons. The highest BCUT2D eigenvalue weighted by atomic mass is 35.5. The zero-order valence-electron chi connectivity index (χ0n) is 10.2. The molecule has 20 heavy (non-hydrogen) atoms. The average Bonchev–Trinajstić information content (AvgIpc) is 2.98. The molecule has 0 unspecified atom stereocenters. The van der Waals surface area contributed by atoms with Gasteiger partial charge in [-0.05, 0) is 24.3 Å². The lowest BCUT2D eigenvalue weighted by molar-refractivity contribution is 1.10. The largest absolute Gasteiger partial charge is 0.265 e. The van der Waals surface area contributed by atoms with Crippen LogP contribution in [0.4, 0.5) is 0 Å². The summed E-state index contributed by atoms with van der Waals surface area (Å²) in [6.07, 6.45) is 4.95. The van der Waals surface area contributed by atoms with E-state index in [1.807, 2.05) is 18.2 Å². The van der Waals surface area contributed by atoms with Crippen molar-refractivity contribution in [3.63, 3.8) is 0 Å². The van der Waals surface area contributed by atoms with E-state index in [1.54, 1.807) is 30.7 Å². The summed E-state index contributed by atoms with van der Waals surface area (Å²) in [5, 5.41) is 15.8. The van der Waals surface area contributed by atoms with Gasteiger partial charge in [0.15, 0.2) is 11.6 Å². The Morgan fingerprint density at radius 2 is 1.80 bits per heavy atom. The van der Waals surface area contributed by atoms with Gasteiger partial charge in [-0.3, -0.25) is 10.1 Å². The Hall–Kier alpha value is -2.78. The van der Waals surface area contributed by atoms with E-state index in [0.717, 1.165) is 11.1 Å². The van der Waals surface area contributed by atoms with Gasteiger partial charge in [0.1, 0.15) is 11.8 Å². The van der Waals surface area contributed by atoms with Crippen LogP contribution in [0.3, 0.4) is 0 Å². The molecule has 0 aromatic carbocycles. The molecule has 0 fully saturated rings. The molecule has 0 saturated heterocycles. The standard InChI is InChI=1S/C13H8N6.ClH/c14-8-11-7-10(3-6-16-11)13-17-12(18-19-13)9-1-4-15-5-2-9;/h1-7H,(H,17,18,19);1H. The van der Waals surface area contributed by atoms with Crippen LogP contribution in [0.25, 0.3) is 22.8 Å². The molecule has 0 amide bonds. The molecule has 0 atom stereocenters. The summed E-state index contributed by atoms with van der Waals surface area (Å²) in [4.78, 5) is 12.3.